The van der Waals surface area contributed by atoms with Gasteiger partial charge in [0.1, 0.15) is 5.76 Å². The first-order valence-corrected chi connectivity index (χ1v) is 11.1. The Morgan fingerprint density at radius 1 is 1.17 bits per heavy atom. The van der Waals surface area contributed by atoms with Gasteiger partial charge in [0.15, 0.2) is 0 Å². The van der Waals surface area contributed by atoms with Crippen LogP contribution in [0.4, 0.5) is 0 Å². The summed E-state index contributed by atoms with van der Waals surface area (Å²) >= 11 is 0. The summed E-state index contributed by atoms with van der Waals surface area (Å²) in [6, 6.07) is 8.71. The highest BCUT2D eigenvalue weighted by molar-refractivity contribution is 7.89. The summed E-state index contributed by atoms with van der Waals surface area (Å²) in [5.74, 6) is 0.538. The molecule has 0 fully saturated rings. The van der Waals surface area contributed by atoms with Crippen LogP contribution in [0.15, 0.2) is 50.7 Å². The number of rotatable bonds is 5. The van der Waals surface area contributed by atoms with Gasteiger partial charge in [-0.15, -0.1) is 0 Å². The van der Waals surface area contributed by atoms with E-state index >= 15 is 0 Å². The molecule has 0 amide bonds. The molecule has 3 aromatic rings. The van der Waals surface area contributed by atoms with Gasteiger partial charge in [0, 0.05) is 18.2 Å². The van der Waals surface area contributed by atoms with Crippen LogP contribution in [0.5, 0.6) is 0 Å². The minimum atomic E-state index is -3.74. The molecule has 0 spiro atoms. The third kappa shape index (κ3) is 3.77. The van der Waals surface area contributed by atoms with Crippen LogP contribution in [0.25, 0.3) is 11.3 Å². The summed E-state index contributed by atoms with van der Waals surface area (Å²) in [5, 5.41) is 4.47. The van der Waals surface area contributed by atoms with Gasteiger partial charge in [0.2, 0.25) is 10.0 Å². The third-order valence-electron chi connectivity index (χ3n) is 5.32. The largest absolute Gasteiger partial charge is 0.468 e. The molecule has 152 valence electrons. The van der Waals surface area contributed by atoms with E-state index in [9.17, 15) is 13.2 Å². The lowest BCUT2D eigenvalue weighted by Crippen LogP contribution is -2.28. The standard InChI is InChI=1S/C21H23N3O4S/c1-14-9-10-15(12-19(14)29(26,27)22-13-16-6-5-11-28-16)20-17-7-3-4-8-18(17)21(25)24(2)23-20/h5-6,9-12,22H,3-4,7-8,13H2,1-2H3. The second-order valence-electron chi connectivity index (χ2n) is 7.33. The van der Waals surface area contributed by atoms with Crippen LogP contribution in [-0.4, -0.2) is 18.2 Å². The molecule has 29 heavy (non-hydrogen) atoms. The topological polar surface area (TPSA) is 94.2 Å². The average Bonchev–Trinajstić information content (AvgIpc) is 3.23. The summed E-state index contributed by atoms with van der Waals surface area (Å²) in [4.78, 5) is 12.7. The smallest absolute Gasteiger partial charge is 0.269 e. The van der Waals surface area contributed by atoms with Gasteiger partial charge in [-0.1, -0.05) is 12.1 Å². The molecule has 2 aromatic heterocycles. The number of aromatic nitrogens is 2. The molecule has 2 heterocycles. The summed E-state index contributed by atoms with van der Waals surface area (Å²) < 4.78 is 35.0. The SMILES string of the molecule is Cc1ccc(-c2nn(C)c(=O)c3c2CCCC3)cc1S(=O)(=O)NCc1ccco1. The number of nitrogens with zero attached hydrogens (tertiary/aromatic N) is 2. The molecule has 0 saturated carbocycles. The Morgan fingerprint density at radius 3 is 2.66 bits per heavy atom. The molecule has 0 saturated heterocycles. The fourth-order valence-corrected chi connectivity index (χ4v) is 5.04. The predicted molar refractivity (Wildman–Crippen MR) is 109 cm³/mol. The van der Waals surface area contributed by atoms with Crippen LogP contribution in [-0.2, 0) is 36.5 Å². The van der Waals surface area contributed by atoms with Crippen LogP contribution >= 0.6 is 0 Å². The van der Waals surface area contributed by atoms with Crippen molar-refractivity contribution in [3.05, 3.63) is 69.4 Å². The fourth-order valence-electron chi connectivity index (χ4n) is 3.78. The van der Waals surface area contributed by atoms with Gasteiger partial charge in [-0.3, -0.25) is 4.79 Å². The van der Waals surface area contributed by atoms with Gasteiger partial charge in [-0.2, -0.15) is 5.10 Å². The number of sulfonamides is 1. The van der Waals surface area contributed by atoms with E-state index in [1.165, 1.54) is 10.9 Å². The van der Waals surface area contributed by atoms with Crippen molar-refractivity contribution in [3.8, 4) is 11.3 Å². The van der Waals surface area contributed by atoms with E-state index in [1.54, 1.807) is 38.2 Å². The van der Waals surface area contributed by atoms with Crippen molar-refractivity contribution in [1.29, 1.82) is 0 Å². The highest BCUT2D eigenvalue weighted by atomic mass is 32.2. The van der Waals surface area contributed by atoms with Gasteiger partial charge in [0.05, 0.1) is 23.4 Å². The molecule has 1 aromatic carbocycles. The van der Waals surface area contributed by atoms with Gasteiger partial charge < -0.3 is 4.42 Å². The zero-order valence-electron chi connectivity index (χ0n) is 16.4. The molecule has 1 aliphatic carbocycles. The molecule has 1 N–H and O–H groups in total. The lowest BCUT2D eigenvalue weighted by atomic mass is 9.89. The highest BCUT2D eigenvalue weighted by Crippen LogP contribution is 2.30. The maximum Gasteiger partial charge on any atom is 0.269 e. The Bertz CT molecular complexity index is 1210. The molecule has 1 aliphatic rings. The molecule has 0 unspecified atom stereocenters. The normalized spacial score (nSPS) is 14.0. The quantitative estimate of drug-likeness (QED) is 0.694. The van der Waals surface area contributed by atoms with Crippen LogP contribution in [0.1, 0.15) is 35.3 Å². The van der Waals surface area contributed by atoms with E-state index in [0.717, 1.165) is 36.8 Å². The van der Waals surface area contributed by atoms with Crippen molar-refractivity contribution in [2.75, 3.05) is 0 Å². The Morgan fingerprint density at radius 2 is 1.93 bits per heavy atom. The number of hydrogen-bond acceptors (Lipinski definition) is 5. The average molecular weight is 413 g/mol. The van der Waals surface area contributed by atoms with Gasteiger partial charge in [-0.25, -0.2) is 17.8 Å². The molecule has 0 radical (unpaired) electrons. The first-order chi connectivity index (χ1) is 13.9. The van der Waals surface area contributed by atoms with E-state index in [4.69, 9.17) is 4.42 Å². The van der Waals surface area contributed by atoms with Crippen molar-refractivity contribution in [3.63, 3.8) is 0 Å². The van der Waals surface area contributed by atoms with E-state index in [2.05, 4.69) is 9.82 Å². The second-order valence-corrected chi connectivity index (χ2v) is 9.06. The lowest BCUT2D eigenvalue weighted by molar-refractivity contribution is 0.498. The number of nitrogens with one attached hydrogen (secondary N) is 1. The molecule has 0 atom stereocenters. The molecular weight excluding hydrogens is 390 g/mol. The molecular formula is C21H23N3O4S. The first kappa shape index (κ1) is 19.6. The third-order valence-corrected chi connectivity index (χ3v) is 6.87. The molecule has 8 heteroatoms. The highest BCUT2D eigenvalue weighted by Gasteiger charge is 2.23. The van der Waals surface area contributed by atoms with Crippen LogP contribution in [0.2, 0.25) is 0 Å². The zero-order valence-corrected chi connectivity index (χ0v) is 17.3. The Hall–Kier alpha value is -2.71. The number of furan rings is 1. The van der Waals surface area contributed by atoms with E-state index < -0.39 is 10.0 Å². The van der Waals surface area contributed by atoms with Gasteiger partial charge in [0.25, 0.3) is 5.56 Å². The van der Waals surface area contributed by atoms with E-state index in [1.807, 2.05) is 6.07 Å². The molecule has 4 rings (SSSR count). The van der Waals surface area contributed by atoms with Crippen LogP contribution in [0.3, 0.4) is 0 Å². The van der Waals surface area contributed by atoms with Crippen LogP contribution in [0, 0.1) is 6.92 Å². The van der Waals surface area contributed by atoms with E-state index in [0.29, 0.717) is 22.6 Å². The van der Waals surface area contributed by atoms with Gasteiger partial charge in [-0.05, 0) is 61.9 Å². The van der Waals surface area contributed by atoms with Crippen molar-refractivity contribution in [2.24, 2.45) is 7.05 Å². The first-order valence-electron chi connectivity index (χ1n) is 9.59. The minimum absolute atomic E-state index is 0.0662. The van der Waals surface area contributed by atoms with Crippen molar-refractivity contribution >= 4 is 10.0 Å². The zero-order chi connectivity index (χ0) is 20.6. The van der Waals surface area contributed by atoms with Gasteiger partial charge >= 0.3 is 0 Å². The van der Waals surface area contributed by atoms with Crippen LogP contribution < -0.4 is 10.3 Å². The summed E-state index contributed by atoms with van der Waals surface area (Å²) in [6.45, 7) is 1.83. The maximum absolute atomic E-state index is 12.9. The van der Waals surface area contributed by atoms with E-state index in [-0.39, 0.29) is 17.0 Å². The van der Waals surface area contributed by atoms with Crippen molar-refractivity contribution < 1.29 is 12.8 Å². The number of aryl methyl sites for hydroxylation is 2. The Kier molecular flexibility index (Phi) is 5.14. The Labute approximate surface area is 169 Å². The minimum Gasteiger partial charge on any atom is -0.468 e. The molecule has 7 nitrogen and oxygen atoms in total. The van der Waals surface area contributed by atoms with Crippen molar-refractivity contribution in [1.82, 2.24) is 14.5 Å². The maximum atomic E-state index is 12.9. The number of hydrogen-bond donors (Lipinski definition) is 1. The number of benzene rings is 1. The lowest BCUT2D eigenvalue weighted by Gasteiger charge is -2.20. The van der Waals surface area contributed by atoms with Crippen molar-refractivity contribution in [2.45, 2.75) is 44.0 Å². The number of fused-ring (bicyclic) bond motifs is 1. The Balaban J connectivity index is 1.76. The predicted octanol–water partition coefficient (Wildman–Crippen LogP) is 2.71. The summed E-state index contributed by atoms with van der Waals surface area (Å²) in [5.41, 5.74) is 3.69. The summed E-state index contributed by atoms with van der Waals surface area (Å²) in [6.07, 6.45) is 5.00. The second kappa shape index (κ2) is 7.61. The summed E-state index contributed by atoms with van der Waals surface area (Å²) in [7, 11) is -2.11. The monoisotopic (exact) mass is 413 g/mol. The fraction of sp³-hybridized carbons (Fsp3) is 0.333. The molecule has 0 aliphatic heterocycles. The molecule has 0 bridgehead atoms.